The van der Waals surface area contributed by atoms with E-state index in [9.17, 15) is 0 Å². The molecule has 1 rings (SSSR count). The molecule has 0 saturated heterocycles. The number of hydrogen-bond donors (Lipinski definition) is 0. The monoisotopic (exact) mass is 156 g/mol. The molecule has 1 aromatic heterocycles. The van der Waals surface area contributed by atoms with Crippen LogP contribution < -0.4 is 4.98 Å². The Bertz CT molecular complexity index is 65.3. The topological polar surface area (TPSA) is 27.0 Å². The summed E-state index contributed by atoms with van der Waals surface area (Å²) in [5.41, 5.74) is 0. The fourth-order valence-corrected chi connectivity index (χ4v) is 0.192. The Morgan fingerprint density at radius 1 is 1.50 bits per heavy atom. The van der Waals surface area contributed by atoms with Crippen molar-refractivity contribution < 1.29 is 32.7 Å². The van der Waals surface area contributed by atoms with Crippen LogP contribution in [0.3, 0.4) is 0 Å². The van der Waals surface area contributed by atoms with Gasteiger partial charge in [0.25, 0.3) is 0 Å². The van der Waals surface area contributed by atoms with E-state index >= 15 is 0 Å². The van der Waals surface area contributed by atoms with Crippen molar-refractivity contribution in [3.05, 3.63) is 18.7 Å². The van der Waals surface area contributed by atoms with Crippen LogP contribution in [0.1, 0.15) is 0 Å². The van der Waals surface area contributed by atoms with Crippen LogP contribution in [-0.4, -0.2) is 4.98 Å². The van der Waals surface area contributed by atoms with Crippen molar-refractivity contribution in [2.24, 2.45) is 0 Å². The zero-order valence-electron chi connectivity index (χ0n) is 3.20. The van der Waals surface area contributed by atoms with Gasteiger partial charge in [0.05, 0.1) is 0 Å². The van der Waals surface area contributed by atoms with Crippen molar-refractivity contribution in [2.75, 3.05) is 0 Å². The molecule has 0 spiro atoms. The third kappa shape index (κ3) is 1.68. The molecule has 0 radical (unpaired) electrons. The molecular weight excluding hydrogens is 153 g/mol. The molecule has 0 unspecified atom stereocenters. The van der Waals surface area contributed by atoms with E-state index in [4.69, 9.17) is 0 Å². The predicted molar refractivity (Wildman–Crippen MR) is 17.6 cm³/mol. The van der Waals surface area contributed by atoms with Gasteiger partial charge in [-0.3, -0.25) is 0 Å². The van der Waals surface area contributed by atoms with Crippen molar-refractivity contribution >= 4 is 0 Å². The molecule has 3 heteroatoms. The van der Waals surface area contributed by atoms with Crippen LogP contribution in [0.25, 0.3) is 0 Å². The van der Waals surface area contributed by atoms with E-state index in [1.54, 1.807) is 12.4 Å². The van der Waals surface area contributed by atoms with Gasteiger partial charge < -0.3 is 9.97 Å². The average molecular weight is 156 g/mol. The molecule has 0 aliphatic heterocycles. The van der Waals surface area contributed by atoms with Gasteiger partial charge in [0.1, 0.15) is 0 Å². The maximum absolute atomic E-state index is 3.61. The van der Waals surface area contributed by atoms with Gasteiger partial charge in [0.2, 0.25) is 0 Å². The van der Waals surface area contributed by atoms with E-state index in [0.29, 0.717) is 0 Å². The summed E-state index contributed by atoms with van der Waals surface area (Å²) in [7, 11) is 0. The molecule has 0 atom stereocenters. The average Bonchev–Trinajstić information content (AvgIpc) is 1.76. The van der Waals surface area contributed by atoms with Gasteiger partial charge in [-0.1, -0.05) is 18.7 Å². The van der Waals surface area contributed by atoms with E-state index < -0.39 is 0 Å². The molecule has 0 aliphatic rings. The molecule has 0 amide bonds. The first-order valence-corrected chi connectivity index (χ1v) is 1.37. The van der Waals surface area contributed by atoms with Gasteiger partial charge in [0.15, 0.2) is 0 Å². The van der Waals surface area contributed by atoms with Gasteiger partial charge in [-0.15, -0.1) is 0 Å². The van der Waals surface area contributed by atoms with Crippen LogP contribution in [0.2, 0.25) is 0 Å². The van der Waals surface area contributed by atoms with Gasteiger partial charge in [-0.2, -0.15) is 0 Å². The van der Waals surface area contributed by atoms with Gasteiger partial charge in [0, 0.05) is 0 Å². The third-order valence-electron chi connectivity index (χ3n) is 0.372. The molecular formula is C3H3N2Y+2. The second kappa shape index (κ2) is 3.50. The summed E-state index contributed by atoms with van der Waals surface area (Å²) in [6, 6.07) is 0. The molecule has 0 N–H and O–H groups in total. The molecule has 26 valence electrons. The summed E-state index contributed by atoms with van der Waals surface area (Å²) >= 11 is 0. The van der Waals surface area contributed by atoms with E-state index in [0.717, 1.165) is 0 Å². The van der Waals surface area contributed by atoms with Gasteiger partial charge in [-0.05, 0) is 0 Å². The fraction of sp³-hybridized carbons (Fsp3) is 0. The molecule has 0 aliphatic carbocycles. The third-order valence-corrected chi connectivity index (χ3v) is 0.372. The summed E-state index contributed by atoms with van der Waals surface area (Å²) in [5, 5.41) is 0. The Morgan fingerprint density at radius 3 is 2.50 bits per heavy atom. The largest absolute Gasteiger partial charge is 3.00 e. The van der Waals surface area contributed by atoms with Crippen LogP contribution in [0, 0.1) is 0 Å². The van der Waals surface area contributed by atoms with Crippen LogP contribution in [0.4, 0.5) is 0 Å². The minimum Gasteiger partial charge on any atom is -0.450 e. The summed E-state index contributed by atoms with van der Waals surface area (Å²) in [6.07, 6.45) is 4.78. The van der Waals surface area contributed by atoms with E-state index in [2.05, 4.69) is 9.97 Å². The zero-order valence-corrected chi connectivity index (χ0v) is 6.04. The molecule has 0 bridgehead atoms. The number of rotatable bonds is 0. The summed E-state index contributed by atoms with van der Waals surface area (Å²) < 4.78 is 0. The summed E-state index contributed by atoms with van der Waals surface area (Å²) in [6.45, 7) is 0. The molecule has 2 nitrogen and oxygen atoms in total. The van der Waals surface area contributed by atoms with Crippen molar-refractivity contribution in [2.45, 2.75) is 0 Å². The first-order valence-electron chi connectivity index (χ1n) is 1.37. The number of nitrogens with zero attached hydrogens (tertiary/aromatic N) is 2. The van der Waals surface area contributed by atoms with E-state index in [1.165, 1.54) is 6.33 Å². The van der Waals surface area contributed by atoms with Crippen LogP contribution in [-0.2, 0) is 32.7 Å². The van der Waals surface area contributed by atoms with Crippen molar-refractivity contribution in [3.8, 4) is 0 Å². The quantitative estimate of drug-likeness (QED) is 0.530. The minimum absolute atomic E-state index is 0. The maximum Gasteiger partial charge on any atom is 3.00 e. The van der Waals surface area contributed by atoms with Crippen molar-refractivity contribution in [3.63, 3.8) is 0 Å². The molecule has 0 fully saturated rings. The molecule has 0 aromatic carbocycles. The van der Waals surface area contributed by atoms with Crippen LogP contribution in [0.5, 0.6) is 0 Å². The first kappa shape index (κ1) is 6.31. The van der Waals surface area contributed by atoms with Gasteiger partial charge >= 0.3 is 32.7 Å². The van der Waals surface area contributed by atoms with Crippen molar-refractivity contribution in [1.82, 2.24) is 9.97 Å². The minimum atomic E-state index is 0. The number of imidazole rings is 1. The van der Waals surface area contributed by atoms with Crippen LogP contribution >= 0.6 is 0 Å². The molecule has 1 heterocycles. The normalized spacial score (nSPS) is 6.67. The van der Waals surface area contributed by atoms with Crippen molar-refractivity contribution in [1.29, 1.82) is 0 Å². The Kier molecular flexibility index (Phi) is 3.69. The Morgan fingerprint density at radius 2 is 2.33 bits per heavy atom. The number of hydrogen-bond acceptors (Lipinski definition) is 1. The molecule has 1 aromatic rings. The summed E-state index contributed by atoms with van der Waals surface area (Å²) in [5.74, 6) is 0. The molecule has 0 saturated carbocycles. The zero-order chi connectivity index (χ0) is 3.54. The predicted octanol–water partition coefficient (Wildman–Crippen LogP) is 0.0363. The smallest absolute Gasteiger partial charge is 0.450 e. The molecule has 6 heavy (non-hydrogen) atoms. The Labute approximate surface area is 61.2 Å². The van der Waals surface area contributed by atoms with Gasteiger partial charge in [-0.25, -0.2) is 0 Å². The fourth-order valence-electron chi connectivity index (χ4n) is 0.192. The van der Waals surface area contributed by atoms with E-state index in [1.807, 2.05) is 0 Å². The second-order valence-electron chi connectivity index (χ2n) is 0.712. The van der Waals surface area contributed by atoms with E-state index in [-0.39, 0.29) is 32.7 Å². The first-order chi connectivity index (χ1) is 2.50. The SMILES string of the molecule is [Y+3].c1c[n-]cn1. The van der Waals surface area contributed by atoms with Crippen LogP contribution in [0.15, 0.2) is 18.7 Å². The Balaban J connectivity index is 0.000000250. The standard InChI is InChI=1S/C3H3N2.Y/c1-2-5-3-4-1;/h1-3H;/q-1;+3. The Hall–Kier alpha value is 0.314. The second-order valence-corrected chi connectivity index (χ2v) is 0.712. The number of aromatic nitrogens is 2. The maximum atomic E-state index is 3.61. The summed E-state index contributed by atoms with van der Waals surface area (Å²) in [4.78, 5) is 7.22.